The van der Waals surface area contributed by atoms with Crippen LogP contribution >= 0.6 is 34.2 Å². The number of hydrogen-bond acceptors (Lipinski definition) is 2. The van der Waals surface area contributed by atoms with Gasteiger partial charge in [-0.05, 0) is 52.9 Å². The van der Waals surface area contributed by atoms with Crippen LogP contribution in [0.1, 0.15) is 5.82 Å². The molecular weight excluding hydrogens is 397 g/mol. The van der Waals surface area contributed by atoms with Crippen LogP contribution in [0.15, 0.2) is 42.5 Å². The maximum atomic E-state index is 6.13. The average molecular weight is 412 g/mol. The third-order valence-corrected chi connectivity index (χ3v) is 4.32. The van der Waals surface area contributed by atoms with Gasteiger partial charge in [0.15, 0.2) is 0 Å². The van der Waals surface area contributed by atoms with Crippen LogP contribution in [0.3, 0.4) is 0 Å². The van der Waals surface area contributed by atoms with Crippen LogP contribution in [-0.4, -0.2) is 23.6 Å². The average Bonchev–Trinajstić information content (AvgIpc) is 2.84. The molecule has 0 aliphatic heterocycles. The summed E-state index contributed by atoms with van der Waals surface area (Å²) >= 11 is 8.43. The molecule has 0 aliphatic carbocycles. The molecule has 2 aromatic carbocycles. The molecule has 108 valence electrons. The maximum Gasteiger partial charge on any atom is 0.129 e. The molecule has 1 heterocycles. The van der Waals surface area contributed by atoms with Gasteiger partial charge in [-0.3, -0.25) is 4.57 Å². The van der Waals surface area contributed by atoms with Gasteiger partial charge in [0.1, 0.15) is 5.82 Å². The Morgan fingerprint density at radius 2 is 1.95 bits per heavy atom. The van der Waals surface area contributed by atoms with E-state index in [-0.39, 0.29) is 0 Å². The Morgan fingerprint density at radius 1 is 1.19 bits per heavy atom. The summed E-state index contributed by atoms with van der Waals surface area (Å²) in [4.78, 5) is 6.78. The van der Waals surface area contributed by atoms with Crippen LogP contribution in [0.25, 0.3) is 16.7 Å². The van der Waals surface area contributed by atoms with Crippen molar-refractivity contribution in [1.82, 2.24) is 9.55 Å². The van der Waals surface area contributed by atoms with Crippen LogP contribution in [0.5, 0.6) is 0 Å². The van der Waals surface area contributed by atoms with Crippen molar-refractivity contribution in [2.24, 2.45) is 0 Å². The predicted octanol–water partition coefficient (Wildman–Crippen LogP) is 4.43. The number of halogens is 2. The summed E-state index contributed by atoms with van der Waals surface area (Å²) < 4.78 is 3.32. The number of benzene rings is 2. The molecule has 3 nitrogen and oxygen atoms in total. The second kappa shape index (κ2) is 5.85. The van der Waals surface area contributed by atoms with E-state index in [1.807, 2.05) is 26.2 Å². The summed E-state index contributed by atoms with van der Waals surface area (Å²) in [6.07, 6.45) is 0. The highest BCUT2D eigenvalue weighted by atomic mass is 127. The molecule has 0 bridgehead atoms. The predicted molar refractivity (Wildman–Crippen MR) is 97.7 cm³/mol. The van der Waals surface area contributed by atoms with Gasteiger partial charge in [0.05, 0.1) is 28.3 Å². The molecule has 3 rings (SSSR count). The number of para-hydroxylation sites is 2. The van der Waals surface area contributed by atoms with E-state index in [1.165, 1.54) is 3.57 Å². The van der Waals surface area contributed by atoms with Gasteiger partial charge in [-0.1, -0.05) is 12.1 Å². The van der Waals surface area contributed by atoms with E-state index in [0.717, 1.165) is 28.2 Å². The highest BCUT2D eigenvalue weighted by molar-refractivity contribution is 14.1. The van der Waals surface area contributed by atoms with Crippen molar-refractivity contribution < 1.29 is 0 Å². The molecular formula is C16H15ClIN3. The van der Waals surface area contributed by atoms with Crippen LogP contribution in [0, 0.1) is 3.57 Å². The van der Waals surface area contributed by atoms with E-state index in [0.29, 0.717) is 5.88 Å². The summed E-state index contributed by atoms with van der Waals surface area (Å²) in [5.41, 5.74) is 4.30. The fourth-order valence-corrected chi connectivity index (χ4v) is 3.15. The zero-order chi connectivity index (χ0) is 15.0. The lowest BCUT2D eigenvalue weighted by Crippen LogP contribution is -2.13. The van der Waals surface area contributed by atoms with Crippen molar-refractivity contribution in [2.45, 2.75) is 5.88 Å². The molecule has 0 saturated heterocycles. The molecule has 0 atom stereocenters. The first-order valence-corrected chi connectivity index (χ1v) is 8.22. The normalized spacial score (nSPS) is 11.0. The number of alkyl halides is 1. The lowest BCUT2D eigenvalue weighted by molar-refractivity contribution is 0.968. The number of rotatable bonds is 3. The number of nitrogens with zero attached hydrogens (tertiary/aromatic N) is 3. The van der Waals surface area contributed by atoms with Crippen LogP contribution in [0.4, 0.5) is 5.69 Å². The van der Waals surface area contributed by atoms with E-state index in [2.05, 4.69) is 67.4 Å². The summed E-state index contributed by atoms with van der Waals surface area (Å²) in [5.74, 6) is 1.25. The van der Waals surface area contributed by atoms with E-state index in [4.69, 9.17) is 11.6 Å². The Kier molecular flexibility index (Phi) is 4.08. The van der Waals surface area contributed by atoms with E-state index >= 15 is 0 Å². The molecule has 0 spiro atoms. The van der Waals surface area contributed by atoms with Gasteiger partial charge in [-0.25, -0.2) is 4.98 Å². The first kappa shape index (κ1) is 14.7. The van der Waals surface area contributed by atoms with Crippen molar-refractivity contribution in [3.63, 3.8) is 0 Å². The Balaban J connectivity index is 2.34. The standard InChI is InChI=1S/C16H15ClIN3/c1-20(2)14-5-3-4-6-15(14)21-13-8-7-11(18)9-12(13)19-16(21)10-17/h3-9H,10H2,1-2H3. The number of fused-ring (bicyclic) bond motifs is 1. The summed E-state index contributed by atoms with van der Waals surface area (Å²) in [6, 6.07) is 14.6. The minimum absolute atomic E-state index is 0.382. The summed E-state index contributed by atoms with van der Waals surface area (Å²) in [5, 5.41) is 0. The van der Waals surface area contributed by atoms with Gasteiger partial charge in [0.25, 0.3) is 0 Å². The Hall–Kier alpha value is -1.27. The topological polar surface area (TPSA) is 21.1 Å². The maximum absolute atomic E-state index is 6.13. The van der Waals surface area contributed by atoms with Gasteiger partial charge >= 0.3 is 0 Å². The van der Waals surface area contributed by atoms with Crippen molar-refractivity contribution in [2.75, 3.05) is 19.0 Å². The van der Waals surface area contributed by atoms with Gasteiger partial charge in [-0.15, -0.1) is 11.6 Å². The summed E-state index contributed by atoms with van der Waals surface area (Å²) in [6.45, 7) is 0. The van der Waals surface area contributed by atoms with Crippen molar-refractivity contribution in [3.8, 4) is 5.69 Å². The number of anilines is 1. The van der Waals surface area contributed by atoms with E-state index < -0.39 is 0 Å². The first-order chi connectivity index (χ1) is 10.1. The number of hydrogen-bond donors (Lipinski definition) is 0. The highest BCUT2D eigenvalue weighted by Crippen LogP contribution is 2.29. The molecule has 0 N–H and O–H groups in total. The zero-order valence-corrected chi connectivity index (χ0v) is 14.8. The van der Waals surface area contributed by atoms with E-state index in [9.17, 15) is 0 Å². The van der Waals surface area contributed by atoms with Crippen molar-refractivity contribution >= 4 is 50.9 Å². The molecule has 0 amide bonds. The molecule has 0 radical (unpaired) electrons. The monoisotopic (exact) mass is 411 g/mol. The van der Waals surface area contributed by atoms with Gasteiger partial charge in [0.2, 0.25) is 0 Å². The fourth-order valence-electron chi connectivity index (χ4n) is 2.49. The van der Waals surface area contributed by atoms with Crippen molar-refractivity contribution in [1.29, 1.82) is 0 Å². The molecule has 5 heteroatoms. The van der Waals surface area contributed by atoms with Crippen molar-refractivity contribution in [3.05, 3.63) is 51.9 Å². The Labute approximate surface area is 142 Å². The second-order valence-electron chi connectivity index (χ2n) is 5.01. The molecule has 0 saturated carbocycles. The van der Waals surface area contributed by atoms with E-state index in [1.54, 1.807) is 0 Å². The van der Waals surface area contributed by atoms with Gasteiger partial charge in [0, 0.05) is 17.7 Å². The highest BCUT2D eigenvalue weighted by Gasteiger charge is 2.15. The smallest absolute Gasteiger partial charge is 0.129 e. The van der Waals surface area contributed by atoms with Crippen LogP contribution in [0.2, 0.25) is 0 Å². The zero-order valence-electron chi connectivity index (χ0n) is 11.8. The number of aromatic nitrogens is 2. The molecule has 0 fully saturated rings. The van der Waals surface area contributed by atoms with Crippen LogP contribution < -0.4 is 4.90 Å². The Morgan fingerprint density at radius 3 is 2.67 bits per heavy atom. The molecule has 21 heavy (non-hydrogen) atoms. The lowest BCUT2D eigenvalue weighted by atomic mass is 10.2. The minimum Gasteiger partial charge on any atom is -0.376 e. The molecule has 0 aliphatic rings. The van der Waals surface area contributed by atoms with Gasteiger partial charge < -0.3 is 4.90 Å². The molecule has 1 aromatic heterocycles. The fraction of sp³-hybridized carbons (Fsp3) is 0.188. The molecule has 0 unspecified atom stereocenters. The second-order valence-corrected chi connectivity index (χ2v) is 6.53. The largest absolute Gasteiger partial charge is 0.376 e. The third-order valence-electron chi connectivity index (χ3n) is 3.41. The van der Waals surface area contributed by atoms with Crippen LogP contribution in [-0.2, 0) is 5.88 Å². The lowest BCUT2D eigenvalue weighted by Gasteiger charge is -2.19. The minimum atomic E-state index is 0.382. The summed E-state index contributed by atoms with van der Waals surface area (Å²) in [7, 11) is 4.09. The quantitative estimate of drug-likeness (QED) is 0.469. The van der Waals surface area contributed by atoms with Gasteiger partial charge in [-0.2, -0.15) is 0 Å². The third kappa shape index (κ3) is 2.62. The number of imidazole rings is 1. The SMILES string of the molecule is CN(C)c1ccccc1-n1c(CCl)nc2cc(I)ccc21. The Bertz CT molecular complexity index is 795. The molecule has 3 aromatic rings. The first-order valence-electron chi connectivity index (χ1n) is 6.61.